The maximum atomic E-state index is 6.06. The van der Waals surface area contributed by atoms with Gasteiger partial charge in [-0.15, -0.1) is 11.8 Å². The van der Waals surface area contributed by atoms with Gasteiger partial charge in [0.05, 0.1) is 5.02 Å². The fourth-order valence-electron chi connectivity index (χ4n) is 1.04. The monoisotopic (exact) mass is 292 g/mol. The molecule has 0 aliphatic carbocycles. The molecule has 1 unspecified atom stereocenters. The average Bonchev–Trinajstić information content (AvgIpc) is 2.22. The third kappa shape index (κ3) is 3.84. The first-order valence-corrected chi connectivity index (χ1v) is 7.19. The summed E-state index contributed by atoms with van der Waals surface area (Å²) in [6, 6.07) is 8.02. The van der Waals surface area contributed by atoms with Crippen molar-refractivity contribution >= 4 is 39.3 Å². The minimum atomic E-state index is 0.733. The topological polar surface area (TPSA) is 0 Å². The zero-order valence-corrected chi connectivity index (χ0v) is 11.3. The molecule has 3 heteroatoms. The quantitative estimate of drug-likeness (QED) is 0.552. The number of hydrogen-bond acceptors (Lipinski definition) is 1. The van der Waals surface area contributed by atoms with Gasteiger partial charge >= 0.3 is 0 Å². The summed E-state index contributed by atoms with van der Waals surface area (Å²) in [5.41, 5.74) is 0. The largest absolute Gasteiger partial charge is 0.124 e. The number of halogens is 2. The van der Waals surface area contributed by atoms with Crippen molar-refractivity contribution in [3.8, 4) is 0 Å². The lowest BCUT2D eigenvalue weighted by molar-refractivity contribution is 0.652. The van der Waals surface area contributed by atoms with Gasteiger partial charge in [-0.3, -0.25) is 0 Å². The fraction of sp³-hybridized carbons (Fsp3) is 0.455. The van der Waals surface area contributed by atoms with Crippen molar-refractivity contribution in [2.75, 3.05) is 11.1 Å². The van der Waals surface area contributed by atoms with Gasteiger partial charge in [0.2, 0.25) is 0 Å². The van der Waals surface area contributed by atoms with E-state index in [1.54, 1.807) is 0 Å². The second-order valence-electron chi connectivity index (χ2n) is 3.17. The van der Waals surface area contributed by atoms with Gasteiger partial charge in [-0.2, -0.15) is 0 Å². The number of benzene rings is 1. The Bertz CT molecular complexity index is 274. The summed E-state index contributed by atoms with van der Waals surface area (Å²) in [6.45, 7) is 2.22. The summed E-state index contributed by atoms with van der Waals surface area (Å²) in [5.74, 6) is 1.86. The lowest BCUT2D eigenvalue weighted by Crippen LogP contribution is -2.03. The predicted octanol–water partition coefficient (Wildman–Crippen LogP) is 4.85. The molecule has 1 aromatic rings. The maximum Gasteiger partial charge on any atom is 0.0541 e. The first-order chi connectivity index (χ1) is 6.77. The molecule has 1 rings (SSSR count). The highest BCUT2D eigenvalue weighted by atomic mass is 79.9. The molecule has 0 aromatic heterocycles. The number of alkyl halides is 1. The van der Waals surface area contributed by atoms with Crippen LogP contribution in [0.15, 0.2) is 29.2 Å². The van der Waals surface area contributed by atoms with Gasteiger partial charge in [-0.1, -0.05) is 53.0 Å². The number of hydrogen-bond donors (Lipinski definition) is 0. The van der Waals surface area contributed by atoms with Crippen molar-refractivity contribution in [1.29, 1.82) is 0 Å². The van der Waals surface area contributed by atoms with E-state index in [-0.39, 0.29) is 0 Å². The molecule has 0 radical (unpaired) electrons. The number of rotatable bonds is 5. The van der Waals surface area contributed by atoms with Crippen molar-refractivity contribution in [2.45, 2.75) is 18.2 Å². The SMILES string of the molecule is CCC(CBr)CSc1ccccc1Cl. The van der Waals surface area contributed by atoms with Gasteiger partial charge < -0.3 is 0 Å². The molecule has 0 saturated carbocycles. The highest BCUT2D eigenvalue weighted by Gasteiger charge is 2.06. The summed E-state index contributed by atoms with van der Waals surface area (Å²) in [4.78, 5) is 1.19. The molecule has 0 spiro atoms. The van der Waals surface area contributed by atoms with E-state index in [9.17, 15) is 0 Å². The van der Waals surface area contributed by atoms with Crippen LogP contribution < -0.4 is 0 Å². The molecular formula is C11H14BrClS. The van der Waals surface area contributed by atoms with E-state index in [2.05, 4.69) is 28.9 Å². The molecule has 0 heterocycles. The molecule has 0 saturated heterocycles. The highest BCUT2D eigenvalue weighted by Crippen LogP contribution is 2.29. The Balaban J connectivity index is 2.49. The maximum absolute atomic E-state index is 6.06. The Morgan fingerprint density at radius 3 is 2.71 bits per heavy atom. The molecule has 0 amide bonds. The van der Waals surface area contributed by atoms with Gasteiger partial charge in [-0.25, -0.2) is 0 Å². The zero-order valence-electron chi connectivity index (χ0n) is 8.17. The molecule has 1 aromatic carbocycles. The second kappa shape index (κ2) is 6.76. The van der Waals surface area contributed by atoms with Gasteiger partial charge in [0.25, 0.3) is 0 Å². The van der Waals surface area contributed by atoms with Crippen LogP contribution >= 0.6 is 39.3 Å². The van der Waals surface area contributed by atoms with Crippen LogP contribution in [0.1, 0.15) is 13.3 Å². The van der Waals surface area contributed by atoms with Crippen LogP contribution in [0.2, 0.25) is 5.02 Å². The molecule has 1 atom stereocenters. The first-order valence-electron chi connectivity index (χ1n) is 4.71. The Morgan fingerprint density at radius 2 is 2.14 bits per heavy atom. The summed E-state index contributed by atoms with van der Waals surface area (Å²) >= 11 is 11.4. The van der Waals surface area contributed by atoms with Crippen LogP contribution in [0.3, 0.4) is 0 Å². The molecule has 0 nitrogen and oxygen atoms in total. The molecule has 0 aliphatic heterocycles. The van der Waals surface area contributed by atoms with Crippen LogP contribution in [0.4, 0.5) is 0 Å². The van der Waals surface area contributed by atoms with Crippen LogP contribution in [0.25, 0.3) is 0 Å². The molecule has 78 valence electrons. The smallest absolute Gasteiger partial charge is 0.0541 e. The summed E-state index contributed by atoms with van der Waals surface area (Å²) in [7, 11) is 0. The molecular weight excluding hydrogens is 280 g/mol. The third-order valence-corrected chi connectivity index (χ3v) is 4.77. The van der Waals surface area contributed by atoms with E-state index in [0.717, 1.165) is 22.0 Å². The second-order valence-corrected chi connectivity index (χ2v) is 5.29. The van der Waals surface area contributed by atoms with Gasteiger partial charge in [-0.05, 0) is 18.1 Å². The molecule has 14 heavy (non-hydrogen) atoms. The van der Waals surface area contributed by atoms with Crippen LogP contribution in [-0.2, 0) is 0 Å². The minimum absolute atomic E-state index is 0.733. The van der Waals surface area contributed by atoms with E-state index in [4.69, 9.17) is 11.6 Å². The lowest BCUT2D eigenvalue weighted by Gasteiger charge is -2.11. The van der Waals surface area contributed by atoms with Crippen molar-refractivity contribution in [3.05, 3.63) is 29.3 Å². The van der Waals surface area contributed by atoms with Crippen LogP contribution in [0.5, 0.6) is 0 Å². The summed E-state index contributed by atoms with van der Waals surface area (Å²) in [5, 5.41) is 1.93. The zero-order chi connectivity index (χ0) is 10.4. The third-order valence-electron chi connectivity index (χ3n) is 2.11. The predicted molar refractivity (Wildman–Crippen MR) is 69.8 cm³/mol. The van der Waals surface area contributed by atoms with Crippen molar-refractivity contribution in [3.63, 3.8) is 0 Å². The van der Waals surface area contributed by atoms with Crippen molar-refractivity contribution in [2.24, 2.45) is 5.92 Å². The lowest BCUT2D eigenvalue weighted by atomic mass is 10.2. The fourth-order valence-corrected chi connectivity index (χ4v) is 3.48. The normalized spacial score (nSPS) is 12.8. The van der Waals surface area contributed by atoms with E-state index < -0.39 is 0 Å². The van der Waals surface area contributed by atoms with E-state index in [1.807, 2.05) is 30.0 Å². The van der Waals surface area contributed by atoms with Crippen LogP contribution in [0, 0.1) is 5.92 Å². The van der Waals surface area contributed by atoms with E-state index >= 15 is 0 Å². The first kappa shape index (κ1) is 12.4. The number of thioether (sulfide) groups is 1. The molecule has 0 bridgehead atoms. The Kier molecular flexibility index (Phi) is 5.99. The van der Waals surface area contributed by atoms with E-state index in [1.165, 1.54) is 11.3 Å². The van der Waals surface area contributed by atoms with Crippen molar-refractivity contribution < 1.29 is 0 Å². The summed E-state index contributed by atoms with van der Waals surface area (Å²) < 4.78 is 0. The Morgan fingerprint density at radius 1 is 1.43 bits per heavy atom. The average molecular weight is 294 g/mol. The van der Waals surface area contributed by atoms with E-state index in [0.29, 0.717) is 0 Å². The van der Waals surface area contributed by atoms with Crippen LogP contribution in [-0.4, -0.2) is 11.1 Å². The molecule has 0 N–H and O–H groups in total. The Hall–Kier alpha value is 0.340. The molecule has 0 fully saturated rings. The standard InChI is InChI=1S/C11H14BrClS/c1-2-9(7-12)8-14-11-6-4-3-5-10(11)13/h3-6,9H,2,7-8H2,1H3. The Labute approximate surface area is 104 Å². The minimum Gasteiger partial charge on any atom is -0.124 e. The van der Waals surface area contributed by atoms with Gasteiger partial charge in [0, 0.05) is 16.0 Å². The summed E-state index contributed by atoms with van der Waals surface area (Å²) in [6.07, 6.45) is 1.21. The molecule has 0 aliphatic rings. The van der Waals surface area contributed by atoms with Gasteiger partial charge in [0.15, 0.2) is 0 Å². The van der Waals surface area contributed by atoms with Crippen molar-refractivity contribution in [1.82, 2.24) is 0 Å². The highest BCUT2D eigenvalue weighted by molar-refractivity contribution is 9.09. The van der Waals surface area contributed by atoms with Gasteiger partial charge in [0.1, 0.15) is 0 Å².